The Morgan fingerprint density at radius 3 is 2.37 bits per heavy atom. The maximum atomic E-state index is 13.0. The SMILES string of the molecule is COc1cc(CNCCCNC(=O)OC(C)(C)C)ccc1OCc1ccc(F)cc1. The van der Waals surface area contributed by atoms with Gasteiger partial charge in [0, 0.05) is 13.1 Å². The summed E-state index contributed by atoms with van der Waals surface area (Å²) in [6, 6.07) is 12.0. The van der Waals surface area contributed by atoms with Crippen LogP contribution in [-0.2, 0) is 17.9 Å². The smallest absolute Gasteiger partial charge is 0.407 e. The van der Waals surface area contributed by atoms with E-state index < -0.39 is 11.7 Å². The zero-order valence-electron chi connectivity index (χ0n) is 18.1. The van der Waals surface area contributed by atoms with Gasteiger partial charge < -0.3 is 24.8 Å². The topological polar surface area (TPSA) is 68.8 Å². The van der Waals surface area contributed by atoms with E-state index in [2.05, 4.69) is 10.6 Å². The molecule has 2 aromatic carbocycles. The number of benzene rings is 2. The van der Waals surface area contributed by atoms with Crippen LogP contribution in [0.1, 0.15) is 38.3 Å². The minimum absolute atomic E-state index is 0.270. The monoisotopic (exact) mass is 418 g/mol. The first kappa shape index (κ1) is 23.5. The van der Waals surface area contributed by atoms with Gasteiger partial charge in [-0.05, 0) is 69.1 Å². The second-order valence-electron chi connectivity index (χ2n) is 7.86. The third-order valence-electron chi connectivity index (χ3n) is 4.06. The lowest BCUT2D eigenvalue weighted by Gasteiger charge is -2.19. The molecule has 2 aromatic rings. The van der Waals surface area contributed by atoms with Crippen LogP contribution in [0, 0.1) is 5.82 Å². The molecule has 0 radical (unpaired) electrons. The maximum Gasteiger partial charge on any atom is 0.407 e. The lowest BCUT2D eigenvalue weighted by Crippen LogP contribution is -2.33. The fourth-order valence-corrected chi connectivity index (χ4v) is 2.63. The maximum absolute atomic E-state index is 13.0. The Morgan fingerprint density at radius 1 is 1.00 bits per heavy atom. The predicted molar refractivity (Wildman–Crippen MR) is 114 cm³/mol. The molecule has 0 saturated heterocycles. The number of rotatable bonds is 10. The number of methoxy groups -OCH3 is 1. The molecule has 0 aliphatic heterocycles. The number of carbonyl (C=O) groups is 1. The molecule has 7 heteroatoms. The Kier molecular flexibility index (Phi) is 8.92. The largest absolute Gasteiger partial charge is 0.493 e. The molecule has 30 heavy (non-hydrogen) atoms. The van der Waals surface area contributed by atoms with Gasteiger partial charge in [-0.25, -0.2) is 9.18 Å². The average Bonchev–Trinajstić information content (AvgIpc) is 2.69. The molecule has 0 aliphatic rings. The molecule has 1 amide bonds. The lowest BCUT2D eigenvalue weighted by molar-refractivity contribution is 0.0527. The van der Waals surface area contributed by atoms with Gasteiger partial charge in [0.2, 0.25) is 0 Å². The Labute approximate surface area is 177 Å². The van der Waals surface area contributed by atoms with Crippen LogP contribution in [0.2, 0.25) is 0 Å². The number of halogens is 1. The molecule has 0 unspecified atom stereocenters. The Bertz CT molecular complexity index is 804. The van der Waals surface area contributed by atoms with E-state index in [4.69, 9.17) is 14.2 Å². The van der Waals surface area contributed by atoms with Gasteiger partial charge in [-0.2, -0.15) is 0 Å². The average molecular weight is 419 g/mol. The highest BCUT2D eigenvalue weighted by Gasteiger charge is 2.15. The summed E-state index contributed by atoms with van der Waals surface area (Å²) in [5, 5.41) is 6.07. The van der Waals surface area contributed by atoms with Crippen LogP contribution in [0.15, 0.2) is 42.5 Å². The molecule has 6 nitrogen and oxygen atoms in total. The minimum Gasteiger partial charge on any atom is -0.493 e. The van der Waals surface area contributed by atoms with Crippen LogP contribution in [0.4, 0.5) is 9.18 Å². The number of hydrogen-bond donors (Lipinski definition) is 2. The van der Waals surface area contributed by atoms with Crippen molar-refractivity contribution in [2.45, 2.75) is 45.9 Å². The number of carbonyl (C=O) groups excluding carboxylic acids is 1. The third kappa shape index (κ3) is 8.69. The van der Waals surface area contributed by atoms with Gasteiger partial charge in [-0.1, -0.05) is 18.2 Å². The molecule has 0 saturated carbocycles. The van der Waals surface area contributed by atoms with Crippen molar-refractivity contribution in [3.63, 3.8) is 0 Å². The van der Waals surface area contributed by atoms with E-state index in [1.165, 1.54) is 12.1 Å². The van der Waals surface area contributed by atoms with Gasteiger partial charge in [0.05, 0.1) is 7.11 Å². The van der Waals surface area contributed by atoms with Crippen molar-refractivity contribution in [1.29, 1.82) is 0 Å². The van der Waals surface area contributed by atoms with Gasteiger partial charge in [-0.3, -0.25) is 0 Å². The van der Waals surface area contributed by atoms with Crippen molar-refractivity contribution in [3.05, 3.63) is 59.4 Å². The first-order valence-corrected chi connectivity index (χ1v) is 9.98. The van der Waals surface area contributed by atoms with E-state index in [1.807, 2.05) is 39.0 Å². The summed E-state index contributed by atoms with van der Waals surface area (Å²) in [5.74, 6) is 1.00. The van der Waals surface area contributed by atoms with Crippen LogP contribution >= 0.6 is 0 Å². The number of alkyl carbamates (subject to hydrolysis) is 1. The first-order chi connectivity index (χ1) is 14.3. The van der Waals surface area contributed by atoms with Crippen molar-refractivity contribution in [1.82, 2.24) is 10.6 Å². The van der Waals surface area contributed by atoms with Crippen molar-refractivity contribution < 1.29 is 23.4 Å². The quantitative estimate of drug-likeness (QED) is 0.559. The van der Waals surface area contributed by atoms with Crippen LogP contribution in [0.25, 0.3) is 0 Å². The molecule has 2 rings (SSSR count). The molecule has 2 N–H and O–H groups in total. The third-order valence-corrected chi connectivity index (χ3v) is 4.06. The van der Waals surface area contributed by atoms with E-state index in [0.717, 1.165) is 24.1 Å². The molecule has 0 aromatic heterocycles. The van der Waals surface area contributed by atoms with Crippen molar-refractivity contribution >= 4 is 6.09 Å². The van der Waals surface area contributed by atoms with Gasteiger partial charge in [0.25, 0.3) is 0 Å². The molecule has 0 aliphatic carbocycles. The molecule has 0 fully saturated rings. The summed E-state index contributed by atoms with van der Waals surface area (Å²) >= 11 is 0. The highest BCUT2D eigenvalue weighted by Crippen LogP contribution is 2.28. The standard InChI is InChI=1S/C23H31FN2O4/c1-23(2,3)30-22(27)26-13-5-12-25-15-18-8-11-20(21(14-18)28-4)29-16-17-6-9-19(24)10-7-17/h6-11,14,25H,5,12-13,15-16H2,1-4H3,(H,26,27). The molecule has 0 heterocycles. The van der Waals surface area contributed by atoms with Gasteiger partial charge >= 0.3 is 6.09 Å². The van der Waals surface area contributed by atoms with Crippen LogP contribution in [0.3, 0.4) is 0 Å². The fourth-order valence-electron chi connectivity index (χ4n) is 2.63. The van der Waals surface area contributed by atoms with E-state index in [0.29, 0.717) is 31.2 Å². The summed E-state index contributed by atoms with van der Waals surface area (Å²) in [4.78, 5) is 11.6. The summed E-state index contributed by atoms with van der Waals surface area (Å²) in [6.45, 7) is 7.80. The van der Waals surface area contributed by atoms with Crippen molar-refractivity contribution in [3.8, 4) is 11.5 Å². The van der Waals surface area contributed by atoms with Crippen LogP contribution < -0.4 is 20.1 Å². The van der Waals surface area contributed by atoms with Gasteiger partial charge in [-0.15, -0.1) is 0 Å². The summed E-state index contributed by atoms with van der Waals surface area (Å²) in [6.07, 6.45) is 0.387. The fraction of sp³-hybridized carbons (Fsp3) is 0.435. The Morgan fingerprint density at radius 2 is 1.70 bits per heavy atom. The highest BCUT2D eigenvalue weighted by molar-refractivity contribution is 5.67. The van der Waals surface area contributed by atoms with Gasteiger partial charge in [0.15, 0.2) is 11.5 Å². The highest BCUT2D eigenvalue weighted by atomic mass is 19.1. The number of ether oxygens (including phenoxy) is 3. The van der Waals surface area contributed by atoms with Crippen LogP contribution in [-0.4, -0.2) is 31.9 Å². The van der Waals surface area contributed by atoms with E-state index in [-0.39, 0.29) is 5.82 Å². The summed E-state index contributed by atoms with van der Waals surface area (Å²) in [7, 11) is 1.60. The zero-order chi connectivity index (χ0) is 22.0. The first-order valence-electron chi connectivity index (χ1n) is 9.98. The molecular formula is C23H31FN2O4. The van der Waals surface area contributed by atoms with E-state index in [1.54, 1.807) is 19.2 Å². The van der Waals surface area contributed by atoms with E-state index >= 15 is 0 Å². The summed E-state index contributed by atoms with van der Waals surface area (Å²) in [5.41, 5.74) is 1.45. The predicted octanol–water partition coefficient (Wildman–Crippen LogP) is 4.42. The Balaban J connectivity index is 1.72. The van der Waals surface area contributed by atoms with Crippen molar-refractivity contribution in [2.75, 3.05) is 20.2 Å². The number of amides is 1. The van der Waals surface area contributed by atoms with E-state index in [9.17, 15) is 9.18 Å². The Hall–Kier alpha value is -2.80. The van der Waals surface area contributed by atoms with Crippen molar-refractivity contribution in [2.24, 2.45) is 0 Å². The minimum atomic E-state index is -0.490. The molecule has 164 valence electrons. The molecule has 0 spiro atoms. The molecule has 0 atom stereocenters. The lowest BCUT2D eigenvalue weighted by atomic mass is 10.2. The molecular weight excluding hydrogens is 387 g/mol. The number of nitrogens with one attached hydrogen (secondary N) is 2. The second-order valence-corrected chi connectivity index (χ2v) is 7.86. The summed E-state index contributed by atoms with van der Waals surface area (Å²) < 4.78 is 29.4. The molecule has 0 bridgehead atoms. The van der Waals surface area contributed by atoms with Gasteiger partial charge in [0.1, 0.15) is 18.0 Å². The normalized spacial score (nSPS) is 11.1. The number of hydrogen-bond acceptors (Lipinski definition) is 5. The van der Waals surface area contributed by atoms with Crippen LogP contribution in [0.5, 0.6) is 11.5 Å². The second kappa shape index (κ2) is 11.4. The zero-order valence-corrected chi connectivity index (χ0v) is 18.1.